The number of fused-ring (bicyclic) bond motifs is 1. The van der Waals surface area contributed by atoms with Gasteiger partial charge < -0.3 is 5.32 Å². The zero-order chi connectivity index (χ0) is 14.3. The molecule has 1 aromatic carbocycles. The zero-order valence-corrected chi connectivity index (χ0v) is 12.6. The summed E-state index contributed by atoms with van der Waals surface area (Å²) in [4.78, 5) is 2.62. The monoisotopic (exact) mass is 269 g/mol. The second-order valence-corrected chi connectivity index (χ2v) is 6.81. The molecular formula is C17H23N3. The van der Waals surface area contributed by atoms with E-state index in [-0.39, 0.29) is 5.54 Å². The average molecular weight is 269 g/mol. The van der Waals surface area contributed by atoms with Gasteiger partial charge in [-0.1, -0.05) is 6.07 Å². The number of nitriles is 1. The first kappa shape index (κ1) is 13.6. The third kappa shape index (κ3) is 2.13. The van der Waals surface area contributed by atoms with E-state index in [4.69, 9.17) is 5.26 Å². The quantitative estimate of drug-likeness (QED) is 0.895. The summed E-state index contributed by atoms with van der Waals surface area (Å²) in [7, 11) is 0. The van der Waals surface area contributed by atoms with Gasteiger partial charge in [-0.15, -0.1) is 0 Å². The molecule has 0 bridgehead atoms. The van der Waals surface area contributed by atoms with Crippen molar-refractivity contribution in [2.75, 3.05) is 19.6 Å². The first-order valence-corrected chi connectivity index (χ1v) is 7.48. The van der Waals surface area contributed by atoms with Crippen LogP contribution in [0.2, 0.25) is 0 Å². The van der Waals surface area contributed by atoms with Crippen molar-refractivity contribution in [3.05, 3.63) is 34.9 Å². The van der Waals surface area contributed by atoms with Crippen LogP contribution < -0.4 is 5.32 Å². The van der Waals surface area contributed by atoms with Crippen LogP contribution in [0, 0.1) is 30.1 Å². The highest BCUT2D eigenvalue weighted by Crippen LogP contribution is 2.41. The van der Waals surface area contributed by atoms with Crippen molar-refractivity contribution in [1.29, 1.82) is 5.26 Å². The highest BCUT2D eigenvalue weighted by molar-refractivity contribution is 5.37. The summed E-state index contributed by atoms with van der Waals surface area (Å²) in [5.41, 5.74) is 3.60. The highest BCUT2D eigenvalue weighted by Gasteiger charge is 2.49. The Morgan fingerprint density at radius 1 is 1.40 bits per heavy atom. The van der Waals surface area contributed by atoms with Crippen LogP contribution in [0.25, 0.3) is 0 Å². The number of aryl methyl sites for hydroxylation is 1. The topological polar surface area (TPSA) is 39.1 Å². The lowest BCUT2D eigenvalue weighted by atomic mass is 9.84. The van der Waals surface area contributed by atoms with Crippen molar-refractivity contribution in [3.63, 3.8) is 0 Å². The molecule has 2 aliphatic heterocycles. The van der Waals surface area contributed by atoms with E-state index >= 15 is 0 Å². The summed E-state index contributed by atoms with van der Waals surface area (Å²) in [6.07, 6.45) is 0. The summed E-state index contributed by atoms with van der Waals surface area (Å²) in [5.74, 6) is 1.56. The maximum Gasteiger partial charge on any atom is 0.0991 e. The van der Waals surface area contributed by atoms with Gasteiger partial charge in [-0.25, -0.2) is 0 Å². The van der Waals surface area contributed by atoms with Gasteiger partial charge in [0.25, 0.3) is 0 Å². The van der Waals surface area contributed by atoms with Gasteiger partial charge in [0.05, 0.1) is 11.6 Å². The molecule has 2 aliphatic rings. The van der Waals surface area contributed by atoms with Crippen LogP contribution in [0.15, 0.2) is 18.2 Å². The summed E-state index contributed by atoms with van der Waals surface area (Å²) >= 11 is 0. The van der Waals surface area contributed by atoms with Crippen LogP contribution in [0.5, 0.6) is 0 Å². The summed E-state index contributed by atoms with van der Waals surface area (Å²) in [6, 6.07) is 8.28. The highest BCUT2D eigenvalue weighted by atomic mass is 15.2. The van der Waals surface area contributed by atoms with Gasteiger partial charge in [-0.05, 0) is 62.4 Å². The molecule has 3 nitrogen and oxygen atoms in total. The predicted octanol–water partition coefficient (Wildman–Crippen LogP) is 2.30. The molecule has 3 heteroatoms. The number of nitrogens with one attached hydrogen (secondary N) is 1. The number of likely N-dealkylation sites (tertiary alicyclic amines) is 1. The van der Waals surface area contributed by atoms with E-state index in [0.717, 1.165) is 37.0 Å². The average Bonchev–Trinajstić information content (AvgIpc) is 2.96. The first-order valence-electron chi connectivity index (χ1n) is 7.48. The molecule has 0 aromatic heterocycles. The second-order valence-electron chi connectivity index (χ2n) is 6.81. The summed E-state index contributed by atoms with van der Waals surface area (Å²) in [6.45, 7) is 11.4. The van der Waals surface area contributed by atoms with E-state index < -0.39 is 0 Å². The molecule has 2 fully saturated rings. The van der Waals surface area contributed by atoms with Crippen molar-refractivity contribution in [1.82, 2.24) is 10.2 Å². The van der Waals surface area contributed by atoms with E-state index in [9.17, 15) is 0 Å². The second kappa shape index (κ2) is 4.87. The largest absolute Gasteiger partial charge is 0.316 e. The fourth-order valence-corrected chi connectivity index (χ4v) is 3.92. The van der Waals surface area contributed by atoms with Crippen molar-refractivity contribution >= 4 is 0 Å². The molecule has 2 saturated heterocycles. The molecule has 0 amide bonds. The van der Waals surface area contributed by atoms with Crippen LogP contribution in [0.3, 0.4) is 0 Å². The van der Waals surface area contributed by atoms with Gasteiger partial charge in [0.1, 0.15) is 0 Å². The molecule has 0 saturated carbocycles. The molecule has 3 rings (SSSR count). The van der Waals surface area contributed by atoms with Gasteiger partial charge in [0.2, 0.25) is 0 Å². The lowest BCUT2D eigenvalue weighted by Gasteiger charge is -2.36. The SMILES string of the molecule is Cc1cc(C#N)ccc1CN1CC2CNCC2C1(C)C. The third-order valence-electron chi connectivity index (χ3n) is 5.35. The molecule has 106 valence electrons. The Balaban J connectivity index is 1.80. The van der Waals surface area contributed by atoms with Crippen LogP contribution in [0.1, 0.15) is 30.5 Å². The Morgan fingerprint density at radius 3 is 2.85 bits per heavy atom. The third-order valence-corrected chi connectivity index (χ3v) is 5.35. The predicted molar refractivity (Wildman–Crippen MR) is 80.2 cm³/mol. The molecule has 1 N–H and O–H groups in total. The minimum atomic E-state index is 0.258. The molecule has 2 heterocycles. The summed E-state index contributed by atoms with van der Waals surface area (Å²) < 4.78 is 0. The number of rotatable bonds is 2. The van der Waals surface area contributed by atoms with Crippen LogP contribution in [-0.4, -0.2) is 30.1 Å². The van der Waals surface area contributed by atoms with Gasteiger partial charge >= 0.3 is 0 Å². The van der Waals surface area contributed by atoms with E-state index in [1.807, 2.05) is 12.1 Å². The molecule has 2 unspecified atom stereocenters. The van der Waals surface area contributed by atoms with E-state index in [1.165, 1.54) is 17.7 Å². The Morgan fingerprint density at radius 2 is 2.20 bits per heavy atom. The van der Waals surface area contributed by atoms with Crippen molar-refractivity contribution in [2.45, 2.75) is 32.9 Å². The van der Waals surface area contributed by atoms with Crippen molar-refractivity contribution in [3.8, 4) is 6.07 Å². The molecular weight excluding hydrogens is 246 g/mol. The molecule has 1 aromatic rings. The lowest BCUT2D eigenvalue weighted by molar-refractivity contribution is 0.132. The minimum absolute atomic E-state index is 0.258. The Labute approximate surface area is 121 Å². The molecule has 0 spiro atoms. The van der Waals surface area contributed by atoms with Crippen molar-refractivity contribution in [2.24, 2.45) is 11.8 Å². The fourth-order valence-electron chi connectivity index (χ4n) is 3.92. The maximum atomic E-state index is 8.96. The van der Waals surface area contributed by atoms with Gasteiger partial charge in [-0.2, -0.15) is 5.26 Å². The number of hydrogen-bond donors (Lipinski definition) is 1. The number of nitrogens with zero attached hydrogens (tertiary/aromatic N) is 2. The van der Waals surface area contributed by atoms with Crippen molar-refractivity contribution < 1.29 is 0 Å². The molecule has 20 heavy (non-hydrogen) atoms. The Kier molecular flexibility index (Phi) is 3.32. The Bertz CT molecular complexity index is 556. The molecule has 0 aliphatic carbocycles. The normalized spacial score (nSPS) is 28.3. The van der Waals surface area contributed by atoms with Gasteiger partial charge in [0, 0.05) is 25.2 Å². The minimum Gasteiger partial charge on any atom is -0.316 e. The zero-order valence-electron chi connectivity index (χ0n) is 12.6. The first-order chi connectivity index (χ1) is 9.52. The fraction of sp³-hybridized carbons (Fsp3) is 0.588. The van der Waals surface area contributed by atoms with Gasteiger partial charge in [-0.3, -0.25) is 4.90 Å². The maximum absolute atomic E-state index is 8.96. The molecule has 0 radical (unpaired) electrons. The standard InChI is InChI=1S/C17H23N3/c1-12-6-13(7-18)4-5-14(12)10-20-11-15-8-19-9-16(15)17(20,2)3/h4-6,15-16,19H,8-11H2,1-3H3. The van der Waals surface area contributed by atoms with E-state index in [1.54, 1.807) is 0 Å². The Hall–Kier alpha value is -1.37. The summed E-state index contributed by atoms with van der Waals surface area (Å²) in [5, 5.41) is 12.5. The van der Waals surface area contributed by atoms with Crippen LogP contribution in [-0.2, 0) is 6.54 Å². The van der Waals surface area contributed by atoms with Gasteiger partial charge in [0.15, 0.2) is 0 Å². The van der Waals surface area contributed by atoms with Crippen LogP contribution in [0.4, 0.5) is 0 Å². The van der Waals surface area contributed by atoms with E-state index in [0.29, 0.717) is 0 Å². The smallest absolute Gasteiger partial charge is 0.0991 e. The van der Waals surface area contributed by atoms with Crippen LogP contribution >= 0.6 is 0 Å². The lowest BCUT2D eigenvalue weighted by Crippen LogP contribution is -2.44. The molecule has 2 atom stereocenters. The van der Waals surface area contributed by atoms with E-state index in [2.05, 4.69) is 43.1 Å². The number of benzene rings is 1. The number of hydrogen-bond acceptors (Lipinski definition) is 3.